The maximum Gasteiger partial charge on any atom is 0.337 e. The van der Waals surface area contributed by atoms with Crippen molar-refractivity contribution in [2.24, 2.45) is 0 Å². The molecule has 0 spiro atoms. The number of nitrogens with one attached hydrogen (secondary N) is 3. The van der Waals surface area contributed by atoms with Crippen LogP contribution in [0.25, 0.3) is 21.8 Å². The number of piperidine rings is 1. The van der Waals surface area contributed by atoms with Gasteiger partial charge in [-0.05, 0) is 86.7 Å². The number of esters is 1. The van der Waals surface area contributed by atoms with Crippen LogP contribution in [0.1, 0.15) is 52.0 Å². The lowest BCUT2D eigenvalue weighted by Gasteiger charge is -2.32. The van der Waals surface area contributed by atoms with E-state index in [-0.39, 0.29) is 17.9 Å². The topological polar surface area (TPSA) is 90.2 Å². The van der Waals surface area contributed by atoms with Gasteiger partial charge in [0.05, 0.1) is 12.7 Å². The van der Waals surface area contributed by atoms with Crippen LogP contribution in [0.5, 0.6) is 0 Å². The molecule has 0 radical (unpaired) electrons. The van der Waals surface area contributed by atoms with E-state index in [4.69, 9.17) is 4.74 Å². The Morgan fingerprint density at radius 3 is 2.63 bits per heavy atom. The molecule has 0 bridgehead atoms. The Kier molecular flexibility index (Phi) is 6.86. The van der Waals surface area contributed by atoms with Crippen LogP contribution >= 0.6 is 0 Å². The molecule has 1 amide bonds. The van der Waals surface area contributed by atoms with Crippen molar-refractivity contribution < 1.29 is 14.3 Å². The molecule has 1 aliphatic heterocycles. The van der Waals surface area contributed by atoms with Gasteiger partial charge in [0.25, 0.3) is 5.91 Å². The van der Waals surface area contributed by atoms with Crippen LogP contribution in [0, 0.1) is 0 Å². The normalized spacial score (nSPS) is 15.0. The molecule has 1 aliphatic rings. The number of likely N-dealkylation sites (tertiary alicyclic amines) is 1. The number of amides is 1. The fraction of sp³-hybridized carbons (Fsp3) is 0.357. The lowest BCUT2D eigenvalue weighted by atomic mass is 10.0. The summed E-state index contributed by atoms with van der Waals surface area (Å²) < 4.78 is 4.85. The van der Waals surface area contributed by atoms with Gasteiger partial charge in [-0.3, -0.25) is 4.79 Å². The SMILES string of the molecule is COC(=O)c1ccc2[nH]cc(CCCCN3CCC(NC(=O)c4ccc5[nH]ccc5c4)CC3)c2c1. The average molecular weight is 473 g/mol. The van der Waals surface area contributed by atoms with Gasteiger partial charge in [0, 0.05) is 58.9 Å². The van der Waals surface area contributed by atoms with Crippen LogP contribution in [-0.2, 0) is 11.2 Å². The second kappa shape index (κ2) is 10.4. The lowest BCUT2D eigenvalue weighted by molar-refractivity contribution is 0.0600. The van der Waals surface area contributed by atoms with Gasteiger partial charge >= 0.3 is 5.97 Å². The number of ether oxygens (including phenoxy) is 1. The maximum absolute atomic E-state index is 12.7. The predicted octanol–water partition coefficient (Wildman–Crippen LogP) is 4.65. The summed E-state index contributed by atoms with van der Waals surface area (Å²) in [6.07, 6.45) is 9.10. The molecule has 3 N–H and O–H groups in total. The molecule has 4 aromatic rings. The fourth-order valence-electron chi connectivity index (χ4n) is 5.05. The molecular formula is C28H32N4O3. The molecule has 1 saturated heterocycles. The number of carbonyl (C=O) groups excluding carboxylic acids is 2. The predicted molar refractivity (Wildman–Crippen MR) is 138 cm³/mol. The second-order valence-corrected chi connectivity index (χ2v) is 9.39. The number of aromatic nitrogens is 2. The van der Waals surface area contributed by atoms with E-state index in [1.54, 1.807) is 6.07 Å². The van der Waals surface area contributed by atoms with Gasteiger partial charge in [0.1, 0.15) is 0 Å². The molecule has 2 aromatic heterocycles. The molecule has 35 heavy (non-hydrogen) atoms. The first-order valence-electron chi connectivity index (χ1n) is 12.4. The van der Waals surface area contributed by atoms with Gasteiger partial charge in [-0.15, -0.1) is 0 Å². The molecule has 7 nitrogen and oxygen atoms in total. The third kappa shape index (κ3) is 5.25. The number of hydrogen-bond donors (Lipinski definition) is 3. The Balaban J connectivity index is 1.05. The third-order valence-corrected chi connectivity index (χ3v) is 7.10. The van der Waals surface area contributed by atoms with E-state index in [0.29, 0.717) is 5.56 Å². The van der Waals surface area contributed by atoms with Crippen LogP contribution < -0.4 is 5.32 Å². The van der Waals surface area contributed by atoms with Crippen LogP contribution in [-0.4, -0.2) is 59.5 Å². The molecule has 3 heterocycles. The van der Waals surface area contributed by atoms with Gasteiger partial charge in [-0.1, -0.05) is 0 Å². The van der Waals surface area contributed by atoms with E-state index >= 15 is 0 Å². The van der Waals surface area contributed by atoms with Crippen molar-refractivity contribution >= 4 is 33.7 Å². The van der Waals surface area contributed by atoms with Crippen molar-refractivity contribution in [3.05, 3.63) is 71.5 Å². The second-order valence-electron chi connectivity index (χ2n) is 9.39. The molecule has 182 valence electrons. The number of aromatic amines is 2. The van der Waals surface area contributed by atoms with Crippen molar-refractivity contribution in [2.75, 3.05) is 26.7 Å². The highest BCUT2D eigenvalue weighted by Crippen LogP contribution is 2.22. The highest BCUT2D eigenvalue weighted by atomic mass is 16.5. The van der Waals surface area contributed by atoms with Gasteiger partial charge in [-0.2, -0.15) is 0 Å². The number of fused-ring (bicyclic) bond motifs is 2. The number of aryl methyl sites for hydroxylation is 1. The van der Waals surface area contributed by atoms with E-state index in [9.17, 15) is 9.59 Å². The minimum absolute atomic E-state index is 0.0145. The first kappa shape index (κ1) is 23.2. The van der Waals surface area contributed by atoms with Crippen molar-refractivity contribution in [1.29, 1.82) is 0 Å². The number of unbranched alkanes of at least 4 members (excludes halogenated alkanes) is 1. The van der Waals surface area contributed by atoms with E-state index in [0.717, 1.165) is 79.1 Å². The van der Waals surface area contributed by atoms with Crippen LogP contribution in [0.2, 0.25) is 0 Å². The summed E-state index contributed by atoms with van der Waals surface area (Å²) in [6.45, 7) is 3.09. The maximum atomic E-state index is 12.7. The Bertz CT molecular complexity index is 1330. The van der Waals surface area contributed by atoms with Gasteiger partial charge in [0.15, 0.2) is 0 Å². The van der Waals surface area contributed by atoms with Crippen LogP contribution in [0.4, 0.5) is 0 Å². The van der Waals surface area contributed by atoms with E-state index in [1.807, 2.05) is 48.8 Å². The van der Waals surface area contributed by atoms with Crippen molar-refractivity contribution in [1.82, 2.24) is 20.2 Å². The standard InChI is InChI=1S/C28H32N4O3/c1-35-28(34)21-6-8-26-24(17-21)22(18-30-26)4-2-3-13-32-14-10-23(11-15-32)31-27(33)20-5-7-25-19(16-20)9-12-29-25/h5-9,12,16-18,23,29-30H,2-4,10-11,13-15H2,1H3,(H,31,33). The molecule has 0 saturated carbocycles. The third-order valence-electron chi connectivity index (χ3n) is 7.10. The number of nitrogens with zero attached hydrogens (tertiary/aromatic N) is 1. The van der Waals surface area contributed by atoms with Crippen molar-refractivity contribution in [3.63, 3.8) is 0 Å². The molecule has 0 unspecified atom stereocenters. The van der Waals surface area contributed by atoms with Crippen molar-refractivity contribution in [3.8, 4) is 0 Å². The Labute approximate surface area is 204 Å². The largest absolute Gasteiger partial charge is 0.465 e. The summed E-state index contributed by atoms with van der Waals surface area (Å²) in [5.41, 5.74) is 4.64. The van der Waals surface area contributed by atoms with Gasteiger partial charge in [-0.25, -0.2) is 4.79 Å². The quantitative estimate of drug-likeness (QED) is 0.257. The number of carbonyl (C=O) groups is 2. The monoisotopic (exact) mass is 472 g/mol. The lowest BCUT2D eigenvalue weighted by Crippen LogP contribution is -2.44. The van der Waals surface area contributed by atoms with E-state index in [2.05, 4.69) is 20.2 Å². The molecule has 5 rings (SSSR count). The summed E-state index contributed by atoms with van der Waals surface area (Å²) in [5.74, 6) is -0.291. The molecule has 1 fully saturated rings. The minimum Gasteiger partial charge on any atom is -0.465 e. The molecule has 7 heteroatoms. The highest BCUT2D eigenvalue weighted by Gasteiger charge is 2.21. The Morgan fingerprint density at radius 1 is 1.00 bits per heavy atom. The first-order valence-corrected chi connectivity index (χ1v) is 12.4. The number of benzene rings is 2. The van der Waals surface area contributed by atoms with E-state index in [1.165, 1.54) is 12.7 Å². The van der Waals surface area contributed by atoms with Gasteiger partial charge in [0.2, 0.25) is 0 Å². The zero-order chi connectivity index (χ0) is 24.2. The zero-order valence-corrected chi connectivity index (χ0v) is 20.1. The first-order chi connectivity index (χ1) is 17.1. The number of rotatable bonds is 8. The summed E-state index contributed by atoms with van der Waals surface area (Å²) in [7, 11) is 1.41. The molecule has 0 aliphatic carbocycles. The van der Waals surface area contributed by atoms with E-state index < -0.39 is 0 Å². The summed E-state index contributed by atoms with van der Waals surface area (Å²) in [6, 6.07) is 13.7. The fourth-order valence-corrected chi connectivity index (χ4v) is 5.05. The average Bonchev–Trinajstić information content (AvgIpc) is 3.53. The number of methoxy groups -OCH3 is 1. The Morgan fingerprint density at radius 2 is 1.80 bits per heavy atom. The number of H-pyrrole nitrogens is 2. The van der Waals surface area contributed by atoms with Crippen LogP contribution in [0.15, 0.2) is 54.9 Å². The summed E-state index contributed by atoms with van der Waals surface area (Å²) >= 11 is 0. The van der Waals surface area contributed by atoms with Crippen molar-refractivity contribution in [2.45, 2.75) is 38.1 Å². The zero-order valence-electron chi connectivity index (χ0n) is 20.1. The molecule has 2 aromatic carbocycles. The minimum atomic E-state index is -0.305. The Hall–Kier alpha value is -3.58. The summed E-state index contributed by atoms with van der Waals surface area (Å²) in [4.78, 5) is 33.5. The molecule has 0 atom stereocenters. The smallest absolute Gasteiger partial charge is 0.337 e. The highest BCUT2D eigenvalue weighted by molar-refractivity contribution is 5.98. The van der Waals surface area contributed by atoms with Gasteiger partial charge < -0.3 is 24.9 Å². The number of hydrogen-bond acceptors (Lipinski definition) is 4. The summed E-state index contributed by atoms with van der Waals surface area (Å²) in [5, 5.41) is 5.38. The molecular weight excluding hydrogens is 440 g/mol. The van der Waals surface area contributed by atoms with Crippen LogP contribution in [0.3, 0.4) is 0 Å².